The predicted octanol–water partition coefficient (Wildman–Crippen LogP) is 1.47. The van der Waals surface area contributed by atoms with Crippen LogP contribution in [-0.2, 0) is 22.5 Å². The smallest absolute Gasteiger partial charge is 0.257 e. The number of nitrogens with zero attached hydrogens (tertiary/aromatic N) is 5. The van der Waals surface area contributed by atoms with Gasteiger partial charge in [-0.05, 0) is 18.9 Å². The molecule has 2 aliphatic heterocycles. The molecule has 4 heterocycles. The summed E-state index contributed by atoms with van der Waals surface area (Å²) >= 11 is 1.54. The lowest BCUT2D eigenvalue weighted by molar-refractivity contribution is -0.119. The second-order valence-electron chi connectivity index (χ2n) is 7.07. The number of aryl methyl sites for hydroxylation is 1. The number of carbonyl (C=O) groups is 2. The van der Waals surface area contributed by atoms with E-state index in [2.05, 4.69) is 14.9 Å². The molecule has 0 bridgehead atoms. The van der Waals surface area contributed by atoms with Crippen LogP contribution >= 0.6 is 11.3 Å². The molecule has 0 spiro atoms. The molecule has 0 saturated heterocycles. The zero-order valence-corrected chi connectivity index (χ0v) is 17.1. The number of hydrogen-bond donors (Lipinski definition) is 0. The van der Waals surface area contributed by atoms with Crippen molar-refractivity contribution in [3.63, 3.8) is 0 Å². The second kappa shape index (κ2) is 7.48. The highest BCUT2D eigenvalue weighted by Crippen LogP contribution is 2.41. The third-order valence-corrected chi connectivity index (χ3v) is 6.39. The van der Waals surface area contributed by atoms with E-state index in [0.29, 0.717) is 25.3 Å². The van der Waals surface area contributed by atoms with Gasteiger partial charge in [-0.25, -0.2) is 9.97 Å². The summed E-state index contributed by atoms with van der Waals surface area (Å²) < 4.78 is 5.18. The average molecular weight is 401 g/mol. The minimum Gasteiger partial charge on any atom is -0.383 e. The van der Waals surface area contributed by atoms with E-state index >= 15 is 0 Å². The van der Waals surface area contributed by atoms with Crippen molar-refractivity contribution in [2.45, 2.75) is 19.9 Å². The van der Waals surface area contributed by atoms with E-state index in [1.165, 1.54) is 16.2 Å². The summed E-state index contributed by atoms with van der Waals surface area (Å²) in [5.74, 6) is 0.734. The van der Waals surface area contributed by atoms with Gasteiger partial charge in [-0.15, -0.1) is 11.3 Å². The molecule has 0 N–H and O–H groups in total. The Bertz CT molecular complexity index is 928. The fourth-order valence-corrected chi connectivity index (χ4v) is 5.08. The van der Waals surface area contributed by atoms with Crippen LogP contribution in [0.5, 0.6) is 0 Å². The van der Waals surface area contributed by atoms with Gasteiger partial charge in [-0.3, -0.25) is 14.5 Å². The van der Waals surface area contributed by atoms with Gasteiger partial charge < -0.3 is 14.5 Å². The van der Waals surface area contributed by atoms with Crippen LogP contribution in [0.25, 0.3) is 0 Å². The van der Waals surface area contributed by atoms with Crippen LogP contribution in [0.3, 0.4) is 0 Å². The van der Waals surface area contributed by atoms with Crippen molar-refractivity contribution in [1.29, 1.82) is 0 Å². The summed E-state index contributed by atoms with van der Waals surface area (Å²) in [7, 11) is 3.30. The fourth-order valence-electron chi connectivity index (χ4n) is 3.68. The van der Waals surface area contributed by atoms with Gasteiger partial charge in [-0.1, -0.05) is 0 Å². The van der Waals surface area contributed by atoms with Crippen LogP contribution in [0, 0.1) is 6.92 Å². The first-order valence-electron chi connectivity index (χ1n) is 9.22. The number of amides is 2. The molecule has 2 amide bonds. The molecule has 0 aromatic carbocycles. The molecule has 0 saturated carbocycles. The van der Waals surface area contributed by atoms with Gasteiger partial charge in [0.05, 0.1) is 25.3 Å². The molecule has 0 atom stereocenters. The maximum atomic E-state index is 13.0. The van der Waals surface area contributed by atoms with Gasteiger partial charge in [0.2, 0.25) is 5.91 Å². The number of carbonyl (C=O) groups excluding carboxylic acids is 2. The number of thiophene rings is 1. The Morgan fingerprint density at radius 2 is 2.07 bits per heavy atom. The van der Waals surface area contributed by atoms with Gasteiger partial charge in [0, 0.05) is 37.3 Å². The third kappa shape index (κ3) is 3.24. The van der Waals surface area contributed by atoms with E-state index in [0.717, 1.165) is 39.9 Å². The van der Waals surface area contributed by atoms with Crippen molar-refractivity contribution >= 4 is 34.0 Å². The highest BCUT2D eigenvalue weighted by Gasteiger charge is 2.36. The Morgan fingerprint density at radius 1 is 1.25 bits per heavy atom. The number of likely N-dealkylation sites (N-methyl/N-ethyl adjacent to an activating group) is 1. The van der Waals surface area contributed by atoms with Crippen LogP contribution in [-0.4, -0.2) is 67.1 Å². The molecule has 2 aromatic rings. The number of aromatic nitrogens is 2. The zero-order valence-electron chi connectivity index (χ0n) is 16.3. The van der Waals surface area contributed by atoms with Crippen molar-refractivity contribution < 1.29 is 14.3 Å². The molecule has 2 aliphatic rings. The van der Waals surface area contributed by atoms with Crippen LogP contribution in [0.2, 0.25) is 0 Å². The van der Waals surface area contributed by atoms with Gasteiger partial charge in [0.15, 0.2) is 0 Å². The SMILES string of the molecule is COCCN1C(=O)CN(C)C(=O)c2c1sc1c2CCN(c2cc(C)ncn2)C1. The van der Waals surface area contributed by atoms with E-state index in [9.17, 15) is 9.59 Å². The maximum absolute atomic E-state index is 13.0. The first-order chi connectivity index (χ1) is 13.5. The topological polar surface area (TPSA) is 78.9 Å². The summed E-state index contributed by atoms with van der Waals surface area (Å²) in [4.78, 5) is 40.8. The highest BCUT2D eigenvalue weighted by atomic mass is 32.1. The highest BCUT2D eigenvalue weighted by molar-refractivity contribution is 7.17. The third-order valence-electron chi connectivity index (χ3n) is 5.15. The Hall–Kier alpha value is -2.52. The Balaban J connectivity index is 1.73. The van der Waals surface area contributed by atoms with Crippen LogP contribution in [0.4, 0.5) is 10.8 Å². The van der Waals surface area contributed by atoms with Crippen molar-refractivity contribution in [3.8, 4) is 0 Å². The minimum atomic E-state index is -0.0768. The molecule has 4 rings (SSSR count). The normalized spacial score (nSPS) is 16.9. The van der Waals surface area contributed by atoms with Gasteiger partial charge >= 0.3 is 0 Å². The average Bonchev–Trinajstić information content (AvgIpc) is 3.02. The standard InChI is InChI=1S/C19H23N5O3S/c1-12-8-15(21-11-20-12)23-5-4-13-14(9-23)28-19-17(13)18(26)22(2)10-16(25)24(19)6-7-27-3/h8,11H,4-7,9-10H2,1-3H3. The lowest BCUT2D eigenvalue weighted by Gasteiger charge is -2.28. The zero-order chi connectivity index (χ0) is 19.8. The molecule has 0 aliphatic carbocycles. The second-order valence-corrected chi connectivity index (χ2v) is 8.16. The number of anilines is 2. The lowest BCUT2D eigenvalue weighted by atomic mass is 10.0. The lowest BCUT2D eigenvalue weighted by Crippen LogP contribution is -2.39. The van der Waals surface area contributed by atoms with Crippen molar-refractivity contribution in [2.24, 2.45) is 0 Å². The molecule has 28 heavy (non-hydrogen) atoms. The molecule has 0 unspecified atom stereocenters. The van der Waals surface area contributed by atoms with E-state index in [-0.39, 0.29) is 18.4 Å². The summed E-state index contributed by atoms with van der Waals surface area (Å²) in [6.07, 6.45) is 2.32. The Labute approximate surface area is 167 Å². The molecule has 0 fully saturated rings. The number of ether oxygens (including phenoxy) is 1. The van der Waals surface area contributed by atoms with Gasteiger partial charge in [-0.2, -0.15) is 0 Å². The van der Waals surface area contributed by atoms with Crippen molar-refractivity contribution in [2.75, 3.05) is 50.2 Å². The summed E-state index contributed by atoms with van der Waals surface area (Å²) in [5, 5.41) is 0.752. The molecule has 9 heteroatoms. The molecule has 8 nitrogen and oxygen atoms in total. The first kappa shape index (κ1) is 18.8. The summed E-state index contributed by atoms with van der Waals surface area (Å²) in [5.41, 5.74) is 2.67. The molecular weight excluding hydrogens is 378 g/mol. The number of rotatable bonds is 4. The van der Waals surface area contributed by atoms with Crippen molar-refractivity contribution in [1.82, 2.24) is 14.9 Å². The van der Waals surface area contributed by atoms with E-state index in [1.807, 2.05) is 13.0 Å². The maximum Gasteiger partial charge on any atom is 0.257 e. The van der Waals surface area contributed by atoms with Crippen LogP contribution in [0.1, 0.15) is 26.5 Å². The Morgan fingerprint density at radius 3 is 2.82 bits per heavy atom. The molecule has 2 aromatic heterocycles. The Kier molecular flexibility index (Phi) is 5.03. The van der Waals surface area contributed by atoms with Crippen LogP contribution < -0.4 is 9.80 Å². The van der Waals surface area contributed by atoms with Crippen molar-refractivity contribution in [3.05, 3.63) is 34.1 Å². The fraction of sp³-hybridized carbons (Fsp3) is 0.474. The summed E-state index contributed by atoms with van der Waals surface area (Å²) in [6, 6.07) is 1.97. The number of methoxy groups -OCH3 is 1. The first-order valence-corrected chi connectivity index (χ1v) is 10.0. The number of fused-ring (bicyclic) bond motifs is 3. The van der Waals surface area contributed by atoms with E-state index in [1.54, 1.807) is 25.4 Å². The minimum absolute atomic E-state index is 0.0754. The monoisotopic (exact) mass is 401 g/mol. The molecular formula is C19H23N5O3S. The van der Waals surface area contributed by atoms with Gasteiger partial charge in [0.25, 0.3) is 5.91 Å². The van der Waals surface area contributed by atoms with E-state index in [4.69, 9.17) is 4.74 Å². The summed E-state index contributed by atoms with van der Waals surface area (Å²) in [6.45, 7) is 4.35. The quantitative estimate of drug-likeness (QED) is 0.772. The molecule has 148 valence electrons. The number of hydrogen-bond acceptors (Lipinski definition) is 7. The van der Waals surface area contributed by atoms with Gasteiger partial charge in [0.1, 0.15) is 23.7 Å². The predicted molar refractivity (Wildman–Crippen MR) is 107 cm³/mol. The van der Waals surface area contributed by atoms with Crippen LogP contribution in [0.15, 0.2) is 12.4 Å². The largest absolute Gasteiger partial charge is 0.383 e. The molecule has 0 radical (unpaired) electrons. The van der Waals surface area contributed by atoms with E-state index < -0.39 is 0 Å².